The molecule has 3 aromatic carbocycles. The van der Waals surface area contributed by atoms with Crippen LogP contribution in [0.1, 0.15) is 50.7 Å². The van der Waals surface area contributed by atoms with Gasteiger partial charge < -0.3 is 4.90 Å². The first-order chi connectivity index (χ1) is 16.0. The van der Waals surface area contributed by atoms with E-state index in [2.05, 4.69) is 55.1 Å². The minimum atomic E-state index is -0.830. The molecule has 0 aliphatic carbocycles. The minimum absolute atomic E-state index is 0.513. The Hall–Kier alpha value is -3.47. The van der Waals surface area contributed by atoms with Crippen LogP contribution < -0.4 is 4.90 Å². The lowest BCUT2D eigenvalue weighted by Crippen LogP contribution is -2.25. The van der Waals surface area contributed by atoms with Gasteiger partial charge in [0.2, 0.25) is 5.82 Å². The molecule has 4 nitrogen and oxygen atoms in total. The average Bonchev–Trinajstić information content (AvgIpc) is 2.83. The summed E-state index contributed by atoms with van der Waals surface area (Å²) in [5.74, 6) is -0.830. The summed E-state index contributed by atoms with van der Waals surface area (Å²) in [6.07, 6.45) is 8.41. The highest BCUT2D eigenvalue weighted by Crippen LogP contribution is 2.25. The van der Waals surface area contributed by atoms with E-state index < -0.39 is 16.4 Å². The van der Waals surface area contributed by atoms with Crippen molar-refractivity contribution in [3.05, 3.63) is 93.8 Å². The topological polar surface area (TPSA) is 46.4 Å². The Kier molecular flexibility index (Phi) is 8.76. The molecule has 0 aliphatic heterocycles. The lowest BCUT2D eigenvalue weighted by atomic mass is 10.0. The van der Waals surface area contributed by atoms with Crippen LogP contribution in [0.15, 0.2) is 66.7 Å². The van der Waals surface area contributed by atoms with E-state index in [9.17, 15) is 14.5 Å². The van der Waals surface area contributed by atoms with E-state index in [1.165, 1.54) is 49.6 Å². The Morgan fingerprint density at radius 3 is 1.85 bits per heavy atom. The standard InChI is InChI=1S/C28H31FN2O2/c1-3-5-19-30(20-6-4-2)26-16-14-25(15-17-26)24-12-9-22(10-13-24)7-8-23-11-18-28(31(32)33)27(29)21-23/h7-18,21H,3-6,19-20H2,1-2H3. The molecule has 0 N–H and O–H groups in total. The number of rotatable bonds is 11. The van der Waals surface area contributed by atoms with Crippen LogP contribution in [0.3, 0.4) is 0 Å². The maximum Gasteiger partial charge on any atom is 0.304 e. The first-order valence-corrected chi connectivity index (χ1v) is 11.6. The highest BCUT2D eigenvalue weighted by atomic mass is 19.1. The molecule has 3 aromatic rings. The van der Waals surface area contributed by atoms with Crippen molar-refractivity contribution < 1.29 is 9.31 Å². The van der Waals surface area contributed by atoms with Crippen LogP contribution in [-0.2, 0) is 0 Å². The Bertz CT molecular complexity index is 1070. The second-order valence-corrected chi connectivity index (χ2v) is 8.16. The summed E-state index contributed by atoms with van der Waals surface area (Å²) >= 11 is 0. The summed E-state index contributed by atoms with van der Waals surface area (Å²) in [5.41, 5.74) is 4.61. The van der Waals surface area contributed by atoms with Crippen molar-refractivity contribution in [3.63, 3.8) is 0 Å². The van der Waals surface area contributed by atoms with Crippen molar-refractivity contribution in [2.24, 2.45) is 0 Å². The fraction of sp³-hybridized carbons (Fsp3) is 0.286. The van der Waals surface area contributed by atoms with Gasteiger partial charge in [-0.2, -0.15) is 4.39 Å². The SMILES string of the molecule is CCCCN(CCCC)c1ccc(-c2ccc(C=Cc3ccc([N+](=O)[O-])c(F)c3)cc2)cc1. The summed E-state index contributed by atoms with van der Waals surface area (Å²) in [6, 6.07) is 20.8. The van der Waals surface area contributed by atoms with Crippen molar-refractivity contribution in [1.82, 2.24) is 0 Å². The quantitative estimate of drug-likeness (QED) is 0.170. The van der Waals surface area contributed by atoms with E-state index >= 15 is 0 Å². The average molecular weight is 447 g/mol. The molecule has 0 aliphatic rings. The van der Waals surface area contributed by atoms with Crippen LogP contribution in [0.5, 0.6) is 0 Å². The van der Waals surface area contributed by atoms with Gasteiger partial charge in [-0.05, 0) is 59.4 Å². The third-order valence-electron chi connectivity index (χ3n) is 5.68. The largest absolute Gasteiger partial charge is 0.372 e. The highest BCUT2D eigenvalue weighted by Gasteiger charge is 2.12. The molecule has 3 rings (SSSR count). The van der Waals surface area contributed by atoms with Crippen LogP contribution in [0.25, 0.3) is 23.3 Å². The van der Waals surface area contributed by atoms with Crippen molar-refractivity contribution in [2.45, 2.75) is 39.5 Å². The van der Waals surface area contributed by atoms with Crippen LogP contribution in [0.4, 0.5) is 15.8 Å². The van der Waals surface area contributed by atoms with Crippen molar-refractivity contribution >= 4 is 23.5 Å². The van der Waals surface area contributed by atoms with Gasteiger partial charge in [-0.25, -0.2) is 0 Å². The predicted octanol–water partition coefficient (Wildman–Crippen LogP) is 7.98. The lowest BCUT2D eigenvalue weighted by Gasteiger charge is -2.25. The second kappa shape index (κ2) is 12.0. The molecule has 0 saturated heterocycles. The Balaban J connectivity index is 1.68. The monoisotopic (exact) mass is 446 g/mol. The molecule has 0 atom stereocenters. The molecule has 0 radical (unpaired) electrons. The van der Waals surface area contributed by atoms with E-state index in [0.717, 1.165) is 29.8 Å². The number of nitro groups is 1. The molecule has 0 bridgehead atoms. The van der Waals surface area contributed by atoms with Crippen LogP contribution in [-0.4, -0.2) is 18.0 Å². The molecular formula is C28H31FN2O2. The number of halogens is 1. The summed E-state index contributed by atoms with van der Waals surface area (Å²) in [7, 11) is 0. The Morgan fingerprint density at radius 1 is 0.818 bits per heavy atom. The van der Waals surface area contributed by atoms with Gasteiger partial charge >= 0.3 is 5.69 Å². The van der Waals surface area contributed by atoms with E-state index in [1.54, 1.807) is 6.08 Å². The number of unbranched alkanes of at least 4 members (excludes halogenated alkanes) is 2. The van der Waals surface area contributed by atoms with Crippen LogP contribution in [0, 0.1) is 15.9 Å². The van der Waals surface area contributed by atoms with E-state index in [4.69, 9.17) is 0 Å². The minimum Gasteiger partial charge on any atom is -0.372 e. The summed E-state index contributed by atoms with van der Waals surface area (Å²) in [4.78, 5) is 12.5. The smallest absolute Gasteiger partial charge is 0.304 e. The second-order valence-electron chi connectivity index (χ2n) is 8.16. The molecule has 172 valence electrons. The number of nitro benzene ring substituents is 1. The maximum absolute atomic E-state index is 13.8. The van der Waals surface area contributed by atoms with Crippen molar-refractivity contribution in [3.8, 4) is 11.1 Å². The molecular weight excluding hydrogens is 415 g/mol. The molecule has 33 heavy (non-hydrogen) atoms. The molecule has 0 unspecified atom stereocenters. The molecule has 0 aromatic heterocycles. The van der Waals surface area contributed by atoms with Gasteiger partial charge in [0, 0.05) is 24.8 Å². The third kappa shape index (κ3) is 6.75. The number of nitrogens with zero attached hydrogens (tertiary/aromatic N) is 2. The number of benzene rings is 3. The molecule has 0 spiro atoms. The zero-order valence-corrected chi connectivity index (χ0v) is 19.3. The van der Waals surface area contributed by atoms with Crippen LogP contribution in [0.2, 0.25) is 0 Å². The third-order valence-corrected chi connectivity index (χ3v) is 5.68. The number of hydrogen-bond acceptors (Lipinski definition) is 3. The van der Waals surface area contributed by atoms with Gasteiger partial charge in [0.05, 0.1) is 4.92 Å². The van der Waals surface area contributed by atoms with E-state index in [0.29, 0.717) is 5.56 Å². The Morgan fingerprint density at radius 2 is 1.33 bits per heavy atom. The van der Waals surface area contributed by atoms with Crippen molar-refractivity contribution in [1.29, 1.82) is 0 Å². The number of hydrogen-bond donors (Lipinski definition) is 0. The zero-order valence-electron chi connectivity index (χ0n) is 19.3. The van der Waals surface area contributed by atoms with Gasteiger partial charge in [-0.1, -0.05) is 75.2 Å². The predicted molar refractivity (Wildman–Crippen MR) is 136 cm³/mol. The number of anilines is 1. The van der Waals surface area contributed by atoms with Crippen molar-refractivity contribution in [2.75, 3.05) is 18.0 Å². The fourth-order valence-electron chi connectivity index (χ4n) is 3.69. The summed E-state index contributed by atoms with van der Waals surface area (Å²) in [6.45, 7) is 6.64. The van der Waals surface area contributed by atoms with E-state index in [1.807, 2.05) is 18.2 Å². The summed E-state index contributed by atoms with van der Waals surface area (Å²) in [5, 5.41) is 10.7. The van der Waals surface area contributed by atoms with Gasteiger partial charge in [-0.15, -0.1) is 0 Å². The van der Waals surface area contributed by atoms with Gasteiger partial charge in [0.15, 0.2) is 0 Å². The van der Waals surface area contributed by atoms with Gasteiger partial charge in [0.25, 0.3) is 0 Å². The molecule has 0 fully saturated rings. The molecule has 0 heterocycles. The molecule has 5 heteroatoms. The van der Waals surface area contributed by atoms with E-state index in [-0.39, 0.29) is 0 Å². The van der Waals surface area contributed by atoms with Crippen LogP contribution >= 0.6 is 0 Å². The molecule has 0 amide bonds. The lowest BCUT2D eigenvalue weighted by molar-refractivity contribution is -0.387. The van der Waals surface area contributed by atoms with Gasteiger partial charge in [0.1, 0.15) is 0 Å². The molecule has 0 saturated carbocycles. The maximum atomic E-state index is 13.8. The fourth-order valence-corrected chi connectivity index (χ4v) is 3.69. The summed E-state index contributed by atoms with van der Waals surface area (Å²) < 4.78 is 13.8. The first kappa shape index (κ1) is 24.2. The zero-order chi connectivity index (χ0) is 23.6. The van der Waals surface area contributed by atoms with Gasteiger partial charge in [-0.3, -0.25) is 10.1 Å². The first-order valence-electron chi connectivity index (χ1n) is 11.6. The highest BCUT2D eigenvalue weighted by molar-refractivity contribution is 5.73. The Labute approximate surface area is 195 Å². The normalized spacial score (nSPS) is 11.1.